The lowest BCUT2D eigenvalue weighted by atomic mass is 10.3. The summed E-state index contributed by atoms with van der Waals surface area (Å²) >= 11 is 25.2. The predicted molar refractivity (Wildman–Crippen MR) is 119 cm³/mol. The molecule has 0 spiro atoms. The third kappa shape index (κ3) is 5.68. The molecule has 1 aromatic heterocycles. The van der Waals surface area contributed by atoms with E-state index >= 15 is 0 Å². The van der Waals surface area contributed by atoms with Gasteiger partial charge in [0.2, 0.25) is 0 Å². The van der Waals surface area contributed by atoms with Crippen molar-refractivity contribution in [3.63, 3.8) is 0 Å². The summed E-state index contributed by atoms with van der Waals surface area (Å²) in [4.78, 5) is 11.3. The molecule has 3 rings (SSSR count). The van der Waals surface area contributed by atoms with Gasteiger partial charge in [0.15, 0.2) is 11.6 Å². The molecule has 2 aromatic rings. The molecule has 0 saturated heterocycles. The van der Waals surface area contributed by atoms with Crippen molar-refractivity contribution >= 4 is 76.1 Å². The Morgan fingerprint density at radius 2 is 1.74 bits per heavy atom. The Hall–Kier alpha value is -0.650. The summed E-state index contributed by atoms with van der Waals surface area (Å²) in [6, 6.07) is 3.24. The maximum atomic E-state index is 6.66. The smallest absolute Gasteiger partial charge is 0.155 e. The summed E-state index contributed by atoms with van der Waals surface area (Å²) in [5.41, 5.74) is 0.521. The molecule has 4 nitrogen and oxygen atoms in total. The number of aryl methyl sites for hydroxylation is 1. The van der Waals surface area contributed by atoms with Gasteiger partial charge in [0.1, 0.15) is 10.8 Å². The second-order valence-corrected chi connectivity index (χ2v) is 8.14. The third-order valence-corrected chi connectivity index (χ3v) is 5.33. The molecule has 27 heavy (non-hydrogen) atoms. The monoisotopic (exact) mass is 468 g/mol. The van der Waals surface area contributed by atoms with Gasteiger partial charge in [-0.3, -0.25) is 0 Å². The van der Waals surface area contributed by atoms with Crippen LogP contribution in [-0.4, -0.2) is 23.1 Å². The van der Waals surface area contributed by atoms with Gasteiger partial charge in [0, 0.05) is 18.1 Å². The number of aromatic nitrogens is 2. The summed E-state index contributed by atoms with van der Waals surface area (Å²) in [6.45, 7) is 5.85. The van der Waals surface area contributed by atoms with E-state index in [2.05, 4.69) is 27.1 Å². The van der Waals surface area contributed by atoms with E-state index in [1.54, 1.807) is 12.1 Å². The molecule has 0 unspecified atom stereocenters. The number of nitrogens with zero attached hydrogens (tertiary/aromatic N) is 3. The fourth-order valence-corrected chi connectivity index (χ4v) is 3.94. The van der Waals surface area contributed by atoms with Crippen molar-refractivity contribution in [2.24, 2.45) is 5.92 Å². The Labute approximate surface area is 186 Å². The van der Waals surface area contributed by atoms with Crippen LogP contribution in [0.5, 0.6) is 0 Å². The standard InChI is InChI=1S/C18H20Cl4N4.ClH/c1-3-6-26(9-11-4-5-11)18-15(22)17(23-10(2)24-18)25-16-13(20)7-12(19)8-14(16)21;/h7-8,11H,3-6,9H2,1-2H3,(H,23,24,25);1H. The summed E-state index contributed by atoms with van der Waals surface area (Å²) in [5.74, 6) is 2.59. The molecule has 1 heterocycles. The van der Waals surface area contributed by atoms with Crippen molar-refractivity contribution in [2.75, 3.05) is 23.3 Å². The van der Waals surface area contributed by atoms with Gasteiger partial charge in [0.25, 0.3) is 0 Å². The van der Waals surface area contributed by atoms with Gasteiger partial charge < -0.3 is 10.2 Å². The van der Waals surface area contributed by atoms with Gasteiger partial charge in [-0.15, -0.1) is 12.4 Å². The van der Waals surface area contributed by atoms with E-state index in [0.717, 1.165) is 31.2 Å². The van der Waals surface area contributed by atoms with Gasteiger partial charge in [-0.25, -0.2) is 9.97 Å². The summed E-state index contributed by atoms with van der Waals surface area (Å²) in [5, 5.41) is 4.89. The highest BCUT2D eigenvalue weighted by Gasteiger charge is 2.27. The lowest BCUT2D eigenvalue weighted by Gasteiger charge is -2.25. The van der Waals surface area contributed by atoms with Crippen molar-refractivity contribution in [1.82, 2.24) is 9.97 Å². The van der Waals surface area contributed by atoms with Crippen LogP contribution in [0.4, 0.5) is 17.3 Å². The Morgan fingerprint density at radius 3 is 2.30 bits per heavy atom. The maximum Gasteiger partial charge on any atom is 0.155 e. The number of rotatable bonds is 7. The molecule has 0 bridgehead atoms. The zero-order valence-electron chi connectivity index (χ0n) is 15.0. The van der Waals surface area contributed by atoms with Gasteiger partial charge in [-0.05, 0) is 44.2 Å². The first-order valence-electron chi connectivity index (χ1n) is 8.59. The normalized spacial score (nSPS) is 13.3. The van der Waals surface area contributed by atoms with Crippen LogP contribution in [0.3, 0.4) is 0 Å². The quantitative estimate of drug-likeness (QED) is 0.465. The highest BCUT2D eigenvalue weighted by molar-refractivity contribution is 6.42. The maximum absolute atomic E-state index is 6.66. The molecule has 148 valence electrons. The zero-order chi connectivity index (χ0) is 18.8. The van der Waals surface area contributed by atoms with Crippen LogP contribution in [0.2, 0.25) is 20.1 Å². The molecule has 1 aromatic carbocycles. The molecule has 1 aliphatic carbocycles. The van der Waals surface area contributed by atoms with E-state index in [0.29, 0.717) is 37.4 Å². The van der Waals surface area contributed by atoms with Crippen LogP contribution in [-0.2, 0) is 0 Å². The number of hydrogen-bond acceptors (Lipinski definition) is 4. The molecule has 1 fully saturated rings. The third-order valence-electron chi connectivity index (χ3n) is 4.16. The number of anilines is 3. The van der Waals surface area contributed by atoms with Crippen LogP contribution in [0.25, 0.3) is 0 Å². The molecule has 0 radical (unpaired) electrons. The van der Waals surface area contributed by atoms with E-state index in [4.69, 9.17) is 46.4 Å². The van der Waals surface area contributed by atoms with E-state index in [-0.39, 0.29) is 12.4 Å². The zero-order valence-corrected chi connectivity index (χ0v) is 18.9. The van der Waals surface area contributed by atoms with Crippen LogP contribution in [0, 0.1) is 12.8 Å². The van der Waals surface area contributed by atoms with Gasteiger partial charge >= 0.3 is 0 Å². The molecular formula is C18H21Cl5N4. The van der Waals surface area contributed by atoms with Crippen molar-refractivity contribution in [1.29, 1.82) is 0 Å². The first-order valence-corrected chi connectivity index (χ1v) is 10.1. The van der Waals surface area contributed by atoms with E-state index < -0.39 is 0 Å². The minimum atomic E-state index is 0. The van der Waals surface area contributed by atoms with E-state index in [1.807, 2.05) is 6.92 Å². The molecule has 1 N–H and O–H groups in total. The summed E-state index contributed by atoms with van der Waals surface area (Å²) in [7, 11) is 0. The van der Waals surface area contributed by atoms with Gasteiger partial charge in [-0.2, -0.15) is 0 Å². The predicted octanol–water partition coefficient (Wildman–Crippen LogP) is 7.19. The lowest BCUT2D eigenvalue weighted by Crippen LogP contribution is -2.28. The average molecular weight is 471 g/mol. The molecule has 0 aliphatic heterocycles. The molecule has 1 aliphatic rings. The van der Waals surface area contributed by atoms with Crippen molar-refractivity contribution in [3.05, 3.63) is 38.0 Å². The first-order chi connectivity index (χ1) is 12.4. The average Bonchev–Trinajstić information content (AvgIpc) is 3.37. The fraction of sp³-hybridized carbons (Fsp3) is 0.444. The topological polar surface area (TPSA) is 41.1 Å². The van der Waals surface area contributed by atoms with Crippen LogP contribution in [0.15, 0.2) is 12.1 Å². The minimum absolute atomic E-state index is 0. The van der Waals surface area contributed by atoms with Crippen LogP contribution < -0.4 is 10.2 Å². The summed E-state index contributed by atoms with van der Waals surface area (Å²) in [6.07, 6.45) is 3.55. The summed E-state index contributed by atoms with van der Waals surface area (Å²) < 4.78 is 0. The molecule has 1 saturated carbocycles. The van der Waals surface area contributed by atoms with Gasteiger partial charge in [0.05, 0.1) is 15.7 Å². The van der Waals surface area contributed by atoms with Crippen molar-refractivity contribution in [2.45, 2.75) is 33.1 Å². The Balaban J connectivity index is 0.00000261. The Morgan fingerprint density at radius 1 is 1.11 bits per heavy atom. The van der Waals surface area contributed by atoms with E-state index in [1.165, 1.54) is 12.8 Å². The van der Waals surface area contributed by atoms with Crippen LogP contribution in [0.1, 0.15) is 32.0 Å². The fourth-order valence-electron chi connectivity index (χ4n) is 2.78. The van der Waals surface area contributed by atoms with Crippen molar-refractivity contribution < 1.29 is 0 Å². The molecule has 0 atom stereocenters. The Kier molecular flexibility index (Phi) is 8.14. The van der Waals surface area contributed by atoms with Crippen molar-refractivity contribution in [3.8, 4) is 0 Å². The largest absolute Gasteiger partial charge is 0.355 e. The molecule has 0 amide bonds. The first kappa shape index (κ1) is 22.6. The SMILES string of the molecule is CCCN(CC1CC1)c1nc(C)nc(Nc2c(Cl)cc(Cl)cc2Cl)c1Cl.Cl. The molecule has 9 heteroatoms. The second kappa shape index (κ2) is 9.71. The number of hydrogen-bond donors (Lipinski definition) is 1. The minimum Gasteiger partial charge on any atom is -0.355 e. The number of benzene rings is 1. The Bertz CT molecular complexity index is 788. The lowest BCUT2D eigenvalue weighted by molar-refractivity contribution is 0.696. The van der Waals surface area contributed by atoms with Crippen LogP contribution >= 0.6 is 58.8 Å². The van der Waals surface area contributed by atoms with E-state index in [9.17, 15) is 0 Å². The second-order valence-electron chi connectivity index (χ2n) is 6.52. The number of nitrogens with one attached hydrogen (secondary N) is 1. The molecular weight excluding hydrogens is 449 g/mol. The van der Waals surface area contributed by atoms with Gasteiger partial charge in [-0.1, -0.05) is 53.3 Å². The highest BCUT2D eigenvalue weighted by Crippen LogP contribution is 2.39. The highest BCUT2D eigenvalue weighted by atomic mass is 35.5. The number of halogens is 5.